The Morgan fingerprint density at radius 3 is 2.19 bits per heavy atom. The number of nitrogens with one attached hydrogen (secondary N) is 1. The van der Waals surface area contributed by atoms with E-state index in [1.54, 1.807) is 4.68 Å². The summed E-state index contributed by atoms with van der Waals surface area (Å²) in [5.41, 5.74) is 5.79. The van der Waals surface area contributed by atoms with E-state index in [0.717, 1.165) is 43.4 Å². The number of aromatic nitrogens is 5. The summed E-state index contributed by atoms with van der Waals surface area (Å²) in [6.07, 6.45) is 3.78. The van der Waals surface area contributed by atoms with Crippen molar-refractivity contribution in [2.24, 2.45) is 5.84 Å². The summed E-state index contributed by atoms with van der Waals surface area (Å²) in [5, 5.41) is 8.97. The highest BCUT2D eigenvalue weighted by Gasteiger charge is 2.39. The first-order valence-electron chi connectivity index (χ1n) is 14.7. The predicted molar refractivity (Wildman–Crippen MR) is 157 cm³/mol. The molecular formula is C30H37F2N9O. The van der Waals surface area contributed by atoms with Crippen LogP contribution >= 0.6 is 0 Å². The van der Waals surface area contributed by atoms with Crippen molar-refractivity contribution in [3.05, 3.63) is 71.3 Å². The van der Waals surface area contributed by atoms with Crippen LogP contribution in [0.4, 0.5) is 20.5 Å². The Balaban J connectivity index is 1.38. The Morgan fingerprint density at radius 2 is 1.62 bits per heavy atom. The zero-order chi connectivity index (χ0) is 29.2. The molecule has 2 aliphatic heterocycles. The molecule has 4 heterocycles. The van der Waals surface area contributed by atoms with Crippen LogP contribution in [0.2, 0.25) is 0 Å². The van der Waals surface area contributed by atoms with E-state index >= 15 is 0 Å². The van der Waals surface area contributed by atoms with Crippen molar-refractivity contribution in [1.29, 1.82) is 0 Å². The van der Waals surface area contributed by atoms with Crippen LogP contribution in [-0.2, 0) is 11.3 Å². The van der Waals surface area contributed by atoms with Gasteiger partial charge in [-0.15, -0.1) is 5.10 Å². The van der Waals surface area contributed by atoms with Gasteiger partial charge in [-0.25, -0.2) is 19.3 Å². The number of hydrogen-bond acceptors (Lipinski definition) is 9. The van der Waals surface area contributed by atoms with Crippen LogP contribution < -0.4 is 16.2 Å². The van der Waals surface area contributed by atoms with E-state index in [4.69, 9.17) is 15.6 Å². The molecule has 0 bridgehead atoms. The summed E-state index contributed by atoms with van der Waals surface area (Å²) in [6, 6.07) is 13.2. The van der Waals surface area contributed by atoms with Crippen LogP contribution in [0.15, 0.2) is 48.5 Å². The molecular weight excluding hydrogens is 540 g/mol. The summed E-state index contributed by atoms with van der Waals surface area (Å²) >= 11 is 0. The van der Waals surface area contributed by atoms with Crippen molar-refractivity contribution in [1.82, 2.24) is 29.9 Å². The molecule has 2 aliphatic rings. The Morgan fingerprint density at radius 1 is 0.952 bits per heavy atom. The van der Waals surface area contributed by atoms with Gasteiger partial charge in [0.1, 0.15) is 11.6 Å². The van der Waals surface area contributed by atoms with Crippen molar-refractivity contribution >= 4 is 22.9 Å². The number of hydrogen-bond donors (Lipinski definition) is 2. The topological polar surface area (TPSA) is 110 Å². The van der Waals surface area contributed by atoms with Gasteiger partial charge in [0, 0.05) is 31.8 Å². The molecule has 12 heteroatoms. The first-order chi connectivity index (χ1) is 20.5. The average Bonchev–Trinajstić information content (AvgIpc) is 3.69. The van der Waals surface area contributed by atoms with Gasteiger partial charge in [0.2, 0.25) is 5.95 Å². The molecule has 3 atom stereocenters. The quantitative estimate of drug-likeness (QED) is 0.220. The molecule has 2 aromatic carbocycles. The number of halogens is 2. The van der Waals surface area contributed by atoms with Crippen molar-refractivity contribution < 1.29 is 13.5 Å². The van der Waals surface area contributed by atoms with E-state index in [2.05, 4.69) is 44.4 Å². The van der Waals surface area contributed by atoms with E-state index in [1.165, 1.54) is 24.3 Å². The highest BCUT2D eigenvalue weighted by molar-refractivity contribution is 5.84. The number of hydrazine groups is 1. The lowest BCUT2D eigenvalue weighted by atomic mass is 9.91. The van der Waals surface area contributed by atoms with Crippen LogP contribution in [0.25, 0.3) is 11.2 Å². The molecule has 0 radical (unpaired) electrons. The normalized spacial score (nSPS) is 21.5. The van der Waals surface area contributed by atoms with Crippen LogP contribution in [0.3, 0.4) is 0 Å². The van der Waals surface area contributed by atoms with Gasteiger partial charge in [0.05, 0.1) is 18.7 Å². The van der Waals surface area contributed by atoms with Crippen molar-refractivity contribution in [3.8, 4) is 0 Å². The second kappa shape index (κ2) is 12.2. The number of ether oxygens (including phenoxy) is 1. The minimum atomic E-state index is -0.287. The maximum Gasteiger partial charge on any atom is 0.241 e. The summed E-state index contributed by atoms with van der Waals surface area (Å²) in [5.74, 6) is 6.24. The Bertz CT molecular complexity index is 1450. The zero-order valence-corrected chi connectivity index (χ0v) is 24.0. The van der Waals surface area contributed by atoms with Gasteiger partial charge in [0.15, 0.2) is 17.0 Å². The SMILES string of the molecule is CC[C@H]1CN(C(c2ccc(F)cc2)c2ccc(F)cc2)[C@H](CC)CN1c1nc(NN)nc2c1nnn2C[C@@H]1CCCO1. The van der Waals surface area contributed by atoms with E-state index in [-0.39, 0.29) is 35.9 Å². The molecule has 0 amide bonds. The van der Waals surface area contributed by atoms with Crippen molar-refractivity contribution in [2.75, 3.05) is 30.0 Å². The first kappa shape index (κ1) is 28.4. The Hall–Kier alpha value is -3.74. The molecule has 0 unspecified atom stereocenters. The number of benzene rings is 2. The van der Waals surface area contributed by atoms with Gasteiger partial charge >= 0.3 is 0 Å². The van der Waals surface area contributed by atoms with Crippen LogP contribution in [-0.4, -0.2) is 67.7 Å². The smallest absolute Gasteiger partial charge is 0.241 e. The second-order valence-corrected chi connectivity index (χ2v) is 11.1. The minimum absolute atomic E-state index is 0.0724. The molecule has 4 aromatic rings. The molecule has 6 rings (SSSR count). The standard InChI is InChI=1S/C30H37F2N9O/c1-3-23-17-40(28-26-29(35-30(34-28)36-33)41(38-37-26)18-25-6-5-15-42-25)24(4-2)16-39(23)27(19-7-11-21(31)12-8-19)20-9-13-22(32)14-10-20/h7-14,23-25,27H,3-6,15-18,33H2,1-2H3,(H,34,35,36)/t23-,24+,25+/m1/s1. The van der Waals surface area contributed by atoms with Crippen LogP contribution in [0, 0.1) is 11.6 Å². The lowest BCUT2D eigenvalue weighted by Crippen LogP contribution is -2.59. The van der Waals surface area contributed by atoms with Gasteiger partial charge < -0.3 is 9.64 Å². The van der Waals surface area contributed by atoms with E-state index < -0.39 is 0 Å². The Labute approximate surface area is 243 Å². The zero-order valence-electron chi connectivity index (χ0n) is 24.0. The number of fused-ring (bicyclic) bond motifs is 1. The van der Waals surface area contributed by atoms with E-state index in [9.17, 15) is 8.78 Å². The molecule has 2 aromatic heterocycles. The maximum atomic E-state index is 13.9. The third kappa shape index (κ3) is 5.53. The molecule has 2 saturated heterocycles. The summed E-state index contributed by atoms with van der Waals surface area (Å²) < 4.78 is 35.5. The molecule has 2 fully saturated rings. The predicted octanol–water partition coefficient (Wildman–Crippen LogP) is 4.43. The molecule has 0 spiro atoms. The third-order valence-electron chi connectivity index (χ3n) is 8.53. The minimum Gasteiger partial charge on any atom is -0.376 e. The van der Waals surface area contributed by atoms with Crippen molar-refractivity contribution in [2.45, 2.75) is 70.3 Å². The number of nitrogen functional groups attached to an aromatic ring is 1. The fraction of sp³-hybridized carbons (Fsp3) is 0.467. The molecule has 3 N–H and O–H groups in total. The number of rotatable bonds is 9. The molecule has 0 saturated carbocycles. The number of piperazine rings is 1. The monoisotopic (exact) mass is 577 g/mol. The van der Waals surface area contributed by atoms with Crippen LogP contribution in [0.1, 0.15) is 56.7 Å². The van der Waals surface area contributed by atoms with Gasteiger partial charge in [-0.2, -0.15) is 9.97 Å². The Kier molecular flexibility index (Phi) is 8.27. The van der Waals surface area contributed by atoms with Gasteiger partial charge in [-0.1, -0.05) is 43.3 Å². The number of nitrogens with zero attached hydrogens (tertiary/aromatic N) is 7. The van der Waals surface area contributed by atoms with Gasteiger partial charge in [0.25, 0.3) is 0 Å². The molecule has 42 heavy (non-hydrogen) atoms. The lowest BCUT2D eigenvalue weighted by Gasteiger charge is -2.49. The highest BCUT2D eigenvalue weighted by Crippen LogP contribution is 2.37. The molecule has 222 valence electrons. The summed E-state index contributed by atoms with van der Waals surface area (Å²) in [7, 11) is 0. The summed E-state index contributed by atoms with van der Waals surface area (Å²) in [4.78, 5) is 14.2. The third-order valence-corrected chi connectivity index (χ3v) is 8.53. The molecule has 0 aliphatic carbocycles. The molecule has 10 nitrogen and oxygen atoms in total. The fourth-order valence-electron chi connectivity index (χ4n) is 6.34. The lowest BCUT2D eigenvalue weighted by molar-refractivity contribution is 0.0944. The average molecular weight is 578 g/mol. The first-order valence-corrected chi connectivity index (χ1v) is 14.7. The number of anilines is 2. The van der Waals surface area contributed by atoms with Gasteiger partial charge in [-0.3, -0.25) is 10.3 Å². The van der Waals surface area contributed by atoms with Gasteiger partial charge in [-0.05, 0) is 61.1 Å². The summed E-state index contributed by atoms with van der Waals surface area (Å²) in [6.45, 7) is 7.01. The maximum absolute atomic E-state index is 13.9. The number of nitrogens with two attached hydrogens (primary N) is 1. The largest absolute Gasteiger partial charge is 0.376 e. The van der Waals surface area contributed by atoms with E-state index in [0.29, 0.717) is 42.6 Å². The highest BCUT2D eigenvalue weighted by atomic mass is 19.1. The van der Waals surface area contributed by atoms with Crippen molar-refractivity contribution in [3.63, 3.8) is 0 Å². The van der Waals surface area contributed by atoms with E-state index in [1.807, 2.05) is 24.3 Å². The second-order valence-electron chi connectivity index (χ2n) is 11.1. The fourth-order valence-corrected chi connectivity index (χ4v) is 6.34. The van der Waals surface area contributed by atoms with Crippen LogP contribution in [0.5, 0.6) is 0 Å².